The zero-order valence-electron chi connectivity index (χ0n) is 20.6. The predicted molar refractivity (Wildman–Crippen MR) is 130 cm³/mol. The molecule has 0 atom stereocenters. The molecule has 4 aromatic rings. The zero-order valence-corrected chi connectivity index (χ0v) is 20.6. The van der Waals surface area contributed by atoms with Gasteiger partial charge < -0.3 is 28.1 Å². The number of ether oxygens (including phenoxy) is 5. The van der Waals surface area contributed by atoms with Crippen molar-refractivity contribution in [3.05, 3.63) is 87.8 Å². The molecule has 0 aliphatic carbocycles. The highest BCUT2D eigenvalue weighted by Crippen LogP contribution is 2.39. The van der Waals surface area contributed by atoms with E-state index in [0.717, 1.165) is 12.1 Å². The Morgan fingerprint density at radius 3 is 1.92 bits per heavy atom. The number of hydrogen-bond donors (Lipinski definition) is 0. The third-order valence-electron chi connectivity index (χ3n) is 5.37. The van der Waals surface area contributed by atoms with Crippen molar-refractivity contribution >= 4 is 22.9 Å². The van der Waals surface area contributed by atoms with Gasteiger partial charge in [-0.15, -0.1) is 0 Å². The van der Waals surface area contributed by atoms with E-state index in [1.54, 1.807) is 0 Å². The molecule has 0 fully saturated rings. The first kappa shape index (κ1) is 27.0. The molecule has 1 heterocycles. The van der Waals surface area contributed by atoms with Crippen LogP contribution in [-0.4, -0.2) is 33.3 Å². The summed E-state index contributed by atoms with van der Waals surface area (Å²) in [4.78, 5) is 37.3. The second kappa shape index (κ2) is 10.8. The smallest absolute Gasteiger partial charge is 0.453 e. The van der Waals surface area contributed by atoms with Gasteiger partial charge >= 0.3 is 18.1 Å². The molecule has 1 aromatic heterocycles. The van der Waals surface area contributed by atoms with Gasteiger partial charge in [0.05, 0.1) is 37.8 Å². The van der Waals surface area contributed by atoms with Crippen molar-refractivity contribution in [3.8, 4) is 28.7 Å². The highest BCUT2D eigenvalue weighted by atomic mass is 19.4. The van der Waals surface area contributed by atoms with Crippen LogP contribution in [0.1, 0.15) is 26.5 Å². The topological polar surface area (TPSA) is 110 Å². The van der Waals surface area contributed by atoms with Crippen molar-refractivity contribution in [1.29, 1.82) is 0 Å². The fourth-order valence-electron chi connectivity index (χ4n) is 3.49. The first-order valence-corrected chi connectivity index (χ1v) is 11.0. The van der Waals surface area contributed by atoms with E-state index in [0.29, 0.717) is 11.5 Å². The average molecular weight is 544 g/mol. The first-order valence-electron chi connectivity index (χ1n) is 11.0. The van der Waals surface area contributed by atoms with Crippen molar-refractivity contribution in [2.24, 2.45) is 0 Å². The number of halogens is 3. The van der Waals surface area contributed by atoms with E-state index in [-0.39, 0.29) is 28.0 Å². The molecule has 0 N–H and O–H groups in total. The van der Waals surface area contributed by atoms with Crippen molar-refractivity contribution in [2.45, 2.75) is 6.18 Å². The summed E-state index contributed by atoms with van der Waals surface area (Å²) in [6.07, 6.45) is -5.11. The van der Waals surface area contributed by atoms with E-state index in [9.17, 15) is 27.6 Å². The van der Waals surface area contributed by atoms with Gasteiger partial charge in [0.15, 0.2) is 0 Å². The maximum Gasteiger partial charge on any atom is 0.453 e. The summed E-state index contributed by atoms with van der Waals surface area (Å²) in [5.74, 6) is -4.03. The normalized spacial score (nSPS) is 11.1. The second-order valence-electron chi connectivity index (χ2n) is 7.85. The monoisotopic (exact) mass is 544 g/mol. The maximum atomic E-state index is 13.9. The van der Waals surface area contributed by atoms with Crippen LogP contribution >= 0.6 is 0 Å². The van der Waals surface area contributed by atoms with Crippen LogP contribution in [-0.2, 0) is 10.9 Å². The maximum absolute atomic E-state index is 13.9. The number of hydrogen-bond acceptors (Lipinski definition) is 9. The van der Waals surface area contributed by atoms with Crippen LogP contribution < -0.4 is 24.4 Å². The molecule has 0 aliphatic rings. The summed E-state index contributed by atoms with van der Waals surface area (Å²) < 4.78 is 72.0. The molecule has 12 heteroatoms. The molecule has 0 saturated carbocycles. The van der Waals surface area contributed by atoms with Crippen molar-refractivity contribution in [1.82, 2.24) is 0 Å². The number of benzene rings is 3. The van der Waals surface area contributed by atoms with Gasteiger partial charge in [0.25, 0.3) is 5.76 Å². The Morgan fingerprint density at radius 2 is 1.36 bits per heavy atom. The van der Waals surface area contributed by atoms with Crippen LogP contribution in [0.5, 0.6) is 28.7 Å². The lowest BCUT2D eigenvalue weighted by molar-refractivity contribution is -0.154. The second-order valence-corrected chi connectivity index (χ2v) is 7.85. The summed E-state index contributed by atoms with van der Waals surface area (Å²) in [6.45, 7) is 0. The quantitative estimate of drug-likeness (QED) is 0.216. The molecular weight excluding hydrogens is 525 g/mol. The van der Waals surface area contributed by atoms with E-state index >= 15 is 0 Å². The largest absolute Gasteiger partial charge is 0.497 e. The fourth-order valence-corrected chi connectivity index (χ4v) is 3.49. The summed E-state index contributed by atoms with van der Waals surface area (Å²) >= 11 is 0. The summed E-state index contributed by atoms with van der Waals surface area (Å²) in [5, 5.41) is -0.257. The third kappa shape index (κ3) is 5.79. The standard InChI is InChI=1S/C27H19F3O9/c1-34-18-10-15(11-19(12-18)35-2)26(33)38-17-8-9-20-21(13-17)39-24(27(28,29)30)23(22(20)31)37-16-6-4-14(5-7-16)25(32)36-3/h4-13H,1-3H3. The molecule has 39 heavy (non-hydrogen) atoms. The number of alkyl halides is 3. The van der Waals surface area contributed by atoms with E-state index < -0.39 is 40.6 Å². The Bertz CT molecular complexity index is 1580. The Hall–Kier alpha value is -5.00. The Kier molecular flexibility index (Phi) is 7.47. The third-order valence-corrected chi connectivity index (χ3v) is 5.37. The average Bonchev–Trinajstić information content (AvgIpc) is 2.93. The van der Waals surface area contributed by atoms with Crippen molar-refractivity contribution in [2.75, 3.05) is 21.3 Å². The highest BCUT2D eigenvalue weighted by Gasteiger charge is 2.40. The summed E-state index contributed by atoms with van der Waals surface area (Å²) in [7, 11) is 3.95. The van der Waals surface area contributed by atoms with Gasteiger partial charge in [0, 0.05) is 12.1 Å². The molecule has 0 aliphatic heterocycles. The number of rotatable bonds is 7. The SMILES string of the molecule is COC(=O)c1ccc(Oc2c(C(F)(F)F)oc3cc(OC(=O)c4cc(OC)cc(OC)c4)ccc3c2=O)cc1. The fraction of sp³-hybridized carbons (Fsp3) is 0.148. The van der Waals surface area contributed by atoms with E-state index in [4.69, 9.17) is 23.4 Å². The van der Waals surface area contributed by atoms with Gasteiger partial charge in [-0.3, -0.25) is 4.79 Å². The molecule has 0 bridgehead atoms. The van der Waals surface area contributed by atoms with Gasteiger partial charge in [0.2, 0.25) is 11.2 Å². The van der Waals surface area contributed by atoms with E-state index in [1.165, 1.54) is 69.9 Å². The lowest BCUT2D eigenvalue weighted by Gasteiger charge is -2.14. The molecule has 4 rings (SSSR count). The Labute approximate surface area is 218 Å². The predicted octanol–water partition coefficient (Wildman–Crippen LogP) is 5.63. The number of carbonyl (C=O) groups excluding carboxylic acids is 2. The molecule has 3 aromatic carbocycles. The number of fused-ring (bicyclic) bond motifs is 1. The van der Waals surface area contributed by atoms with Crippen molar-refractivity contribution in [3.63, 3.8) is 0 Å². The van der Waals surface area contributed by atoms with Crippen LogP contribution in [0.2, 0.25) is 0 Å². The molecule has 0 saturated heterocycles. The minimum Gasteiger partial charge on any atom is -0.497 e. The van der Waals surface area contributed by atoms with Gasteiger partial charge in [-0.2, -0.15) is 13.2 Å². The Morgan fingerprint density at radius 1 is 0.744 bits per heavy atom. The molecular formula is C27H19F3O9. The van der Waals surface area contributed by atoms with Crippen molar-refractivity contribution < 1.29 is 50.9 Å². The van der Waals surface area contributed by atoms with Gasteiger partial charge in [-0.1, -0.05) is 0 Å². The van der Waals surface area contributed by atoms with Crippen LogP contribution in [0.3, 0.4) is 0 Å². The lowest BCUT2D eigenvalue weighted by atomic mass is 10.1. The van der Waals surface area contributed by atoms with Gasteiger partial charge in [0.1, 0.15) is 28.6 Å². The molecule has 0 amide bonds. The zero-order chi connectivity index (χ0) is 28.3. The minimum atomic E-state index is -5.11. The molecule has 0 unspecified atom stereocenters. The van der Waals surface area contributed by atoms with Crippen LogP contribution in [0.4, 0.5) is 13.2 Å². The van der Waals surface area contributed by atoms with Gasteiger partial charge in [-0.05, 0) is 48.5 Å². The minimum absolute atomic E-state index is 0.0469. The van der Waals surface area contributed by atoms with Crippen LogP contribution in [0, 0.1) is 0 Å². The molecule has 0 radical (unpaired) electrons. The number of methoxy groups -OCH3 is 3. The molecule has 202 valence electrons. The first-order chi connectivity index (χ1) is 18.5. The number of carbonyl (C=O) groups is 2. The highest BCUT2D eigenvalue weighted by molar-refractivity contribution is 5.92. The van der Waals surface area contributed by atoms with E-state index in [2.05, 4.69) is 4.74 Å². The summed E-state index contributed by atoms with van der Waals surface area (Å²) in [5.41, 5.74) is -1.43. The molecule has 9 nitrogen and oxygen atoms in total. The summed E-state index contributed by atoms with van der Waals surface area (Å²) in [6, 6.07) is 12.6. The van der Waals surface area contributed by atoms with Crippen LogP contribution in [0.15, 0.2) is 69.9 Å². The lowest BCUT2D eigenvalue weighted by Crippen LogP contribution is -2.16. The molecule has 0 spiro atoms. The number of esters is 2. The van der Waals surface area contributed by atoms with Gasteiger partial charge in [-0.25, -0.2) is 9.59 Å². The van der Waals surface area contributed by atoms with Crippen LogP contribution in [0.25, 0.3) is 11.0 Å². The van der Waals surface area contributed by atoms with E-state index in [1.807, 2.05) is 0 Å². The Balaban J connectivity index is 1.70.